The third-order valence-corrected chi connectivity index (χ3v) is 6.00. The van der Waals surface area contributed by atoms with Crippen molar-refractivity contribution in [1.29, 1.82) is 0 Å². The van der Waals surface area contributed by atoms with E-state index in [4.69, 9.17) is 0 Å². The SMILES string of the molecule is Cn1ccc(S(=O)(=O)N2CCC(C(C)(C)C)CC2)c1. The van der Waals surface area contributed by atoms with Gasteiger partial charge in [0.15, 0.2) is 0 Å². The lowest BCUT2D eigenvalue weighted by Gasteiger charge is -2.38. The third-order valence-electron chi connectivity index (χ3n) is 4.12. The molecule has 1 aliphatic rings. The van der Waals surface area contributed by atoms with Gasteiger partial charge >= 0.3 is 0 Å². The number of hydrogen-bond donors (Lipinski definition) is 0. The second-order valence-corrected chi connectivity index (χ2v) is 8.49. The van der Waals surface area contributed by atoms with Crippen LogP contribution >= 0.6 is 0 Å². The molecular formula is C14H24N2O2S. The van der Waals surface area contributed by atoms with E-state index in [0.29, 0.717) is 23.9 Å². The molecule has 1 aliphatic heterocycles. The molecule has 108 valence electrons. The molecule has 0 spiro atoms. The van der Waals surface area contributed by atoms with Crippen molar-refractivity contribution < 1.29 is 8.42 Å². The second kappa shape index (κ2) is 4.94. The van der Waals surface area contributed by atoms with E-state index in [1.807, 2.05) is 7.05 Å². The maximum Gasteiger partial charge on any atom is 0.244 e. The number of aromatic nitrogens is 1. The predicted octanol–water partition coefficient (Wildman–Crippen LogP) is 2.47. The Morgan fingerprint density at radius 1 is 1.21 bits per heavy atom. The monoisotopic (exact) mass is 284 g/mol. The van der Waals surface area contributed by atoms with Crippen LogP contribution in [-0.4, -0.2) is 30.4 Å². The highest BCUT2D eigenvalue weighted by Gasteiger charge is 2.34. The van der Waals surface area contributed by atoms with Gasteiger partial charge in [-0.2, -0.15) is 4.31 Å². The van der Waals surface area contributed by atoms with Crippen molar-refractivity contribution in [2.75, 3.05) is 13.1 Å². The fraction of sp³-hybridized carbons (Fsp3) is 0.714. The molecule has 0 aromatic carbocycles. The van der Waals surface area contributed by atoms with E-state index in [9.17, 15) is 8.42 Å². The van der Waals surface area contributed by atoms with E-state index < -0.39 is 10.0 Å². The van der Waals surface area contributed by atoms with Gasteiger partial charge in [0.2, 0.25) is 10.0 Å². The smallest absolute Gasteiger partial charge is 0.244 e. The summed E-state index contributed by atoms with van der Waals surface area (Å²) in [5, 5.41) is 0. The predicted molar refractivity (Wildman–Crippen MR) is 76.4 cm³/mol. The third kappa shape index (κ3) is 3.03. The molecule has 0 unspecified atom stereocenters. The molecule has 5 heteroatoms. The highest BCUT2D eigenvalue weighted by molar-refractivity contribution is 7.89. The molecule has 1 aromatic heterocycles. The molecule has 1 fully saturated rings. The van der Waals surface area contributed by atoms with Crippen LogP contribution in [0.25, 0.3) is 0 Å². The quantitative estimate of drug-likeness (QED) is 0.837. The Hall–Kier alpha value is -0.810. The summed E-state index contributed by atoms with van der Waals surface area (Å²) in [6, 6.07) is 1.67. The van der Waals surface area contributed by atoms with E-state index in [1.54, 1.807) is 27.3 Å². The van der Waals surface area contributed by atoms with E-state index >= 15 is 0 Å². The van der Waals surface area contributed by atoms with Gasteiger partial charge in [-0.1, -0.05) is 20.8 Å². The second-order valence-electron chi connectivity index (χ2n) is 6.56. The first-order chi connectivity index (χ1) is 8.71. The summed E-state index contributed by atoms with van der Waals surface area (Å²) in [6.45, 7) is 7.98. The molecular weight excluding hydrogens is 260 g/mol. The Morgan fingerprint density at radius 3 is 2.21 bits per heavy atom. The molecule has 1 aromatic rings. The molecule has 4 nitrogen and oxygen atoms in total. The van der Waals surface area contributed by atoms with Gasteiger partial charge in [-0.15, -0.1) is 0 Å². The molecule has 19 heavy (non-hydrogen) atoms. The van der Waals surface area contributed by atoms with Crippen LogP contribution in [-0.2, 0) is 17.1 Å². The zero-order valence-corrected chi connectivity index (χ0v) is 13.1. The minimum absolute atomic E-state index is 0.266. The lowest BCUT2D eigenvalue weighted by molar-refractivity contribution is 0.154. The van der Waals surface area contributed by atoms with Gasteiger partial charge in [0.05, 0.1) is 4.90 Å². The summed E-state index contributed by atoms with van der Waals surface area (Å²) in [6.07, 6.45) is 5.35. The highest BCUT2D eigenvalue weighted by Crippen LogP contribution is 2.35. The minimum atomic E-state index is -3.30. The Bertz CT molecular complexity index is 532. The van der Waals surface area contributed by atoms with Crippen LogP contribution in [0, 0.1) is 11.3 Å². The molecule has 0 N–H and O–H groups in total. The van der Waals surface area contributed by atoms with Gasteiger partial charge in [0.25, 0.3) is 0 Å². The maximum absolute atomic E-state index is 12.5. The molecule has 0 atom stereocenters. The first-order valence-electron chi connectivity index (χ1n) is 6.83. The van der Waals surface area contributed by atoms with Crippen molar-refractivity contribution in [2.45, 2.75) is 38.5 Å². The van der Waals surface area contributed by atoms with Crippen LogP contribution in [0.3, 0.4) is 0 Å². The number of piperidine rings is 1. The summed E-state index contributed by atoms with van der Waals surface area (Å²) in [7, 11) is -1.46. The summed E-state index contributed by atoms with van der Waals surface area (Å²) in [4.78, 5) is 0.407. The standard InChI is InChI=1S/C14H24N2O2S/c1-14(2,3)12-5-9-16(10-6-12)19(17,18)13-7-8-15(4)11-13/h7-8,11-12H,5-6,9-10H2,1-4H3. The first-order valence-corrected chi connectivity index (χ1v) is 8.27. The van der Waals surface area contributed by atoms with Crippen LogP contribution in [0.2, 0.25) is 0 Å². The van der Waals surface area contributed by atoms with Gasteiger partial charge in [-0.25, -0.2) is 8.42 Å². The molecule has 2 heterocycles. The van der Waals surface area contributed by atoms with Gasteiger partial charge in [0, 0.05) is 32.5 Å². The van der Waals surface area contributed by atoms with Crippen LogP contribution in [0.15, 0.2) is 23.4 Å². The topological polar surface area (TPSA) is 42.3 Å². The molecule has 1 saturated heterocycles. The Balaban J connectivity index is 2.09. The Labute approximate surface area is 116 Å². The van der Waals surface area contributed by atoms with Crippen LogP contribution in [0.4, 0.5) is 0 Å². The van der Waals surface area contributed by atoms with Gasteiger partial charge in [-0.3, -0.25) is 0 Å². The van der Waals surface area contributed by atoms with Crippen LogP contribution in [0.5, 0.6) is 0 Å². The zero-order valence-electron chi connectivity index (χ0n) is 12.3. The van der Waals surface area contributed by atoms with Crippen molar-refractivity contribution in [2.24, 2.45) is 18.4 Å². The first kappa shape index (κ1) is 14.6. The van der Waals surface area contributed by atoms with Crippen molar-refractivity contribution >= 4 is 10.0 Å². The number of hydrogen-bond acceptors (Lipinski definition) is 2. The minimum Gasteiger partial charge on any atom is -0.356 e. The van der Waals surface area contributed by atoms with Crippen molar-refractivity contribution in [3.05, 3.63) is 18.5 Å². The van der Waals surface area contributed by atoms with Crippen LogP contribution in [0.1, 0.15) is 33.6 Å². The van der Waals surface area contributed by atoms with Crippen molar-refractivity contribution in [3.8, 4) is 0 Å². The summed E-state index contributed by atoms with van der Waals surface area (Å²) < 4.78 is 28.3. The molecule has 2 rings (SSSR count). The zero-order chi connectivity index (χ0) is 14.3. The summed E-state index contributed by atoms with van der Waals surface area (Å²) in [5.74, 6) is 0.606. The van der Waals surface area contributed by atoms with E-state index in [2.05, 4.69) is 20.8 Å². The average Bonchev–Trinajstić information content (AvgIpc) is 2.76. The summed E-state index contributed by atoms with van der Waals surface area (Å²) >= 11 is 0. The van der Waals surface area contributed by atoms with E-state index in [-0.39, 0.29) is 5.41 Å². The average molecular weight is 284 g/mol. The summed E-state index contributed by atoms with van der Waals surface area (Å²) in [5.41, 5.74) is 0.266. The molecule has 0 amide bonds. The number of sulfonamides is 1. The molecule has 0 radical (unpaired) electrons. The van der Waals surface area contributed by atoms with E-state index in [1.165, 1.54) is 0 Å². The normalized spacial score (nSPS) is 19.8. The fourth-order valence-corrected chi connectivity index (χ4v) is 4.26. The Morgan fingerprint density at radius 2 is 1.79 bits per heavy atom. The maximum atomic E-state index is 12.5. The van der Waals surface area contributed by atoms with Crippen LogP contribution < -0.4 is 0 Å². The Kier molecular flexibility index (Phi) is 3.80. The lowest BCUT2D eigenvalue weighted by Crippen LogP contribution is -2.41. The van der Waals surface area contributed by atoms with E-state index in [0.717, 1.165) is 12.8 Å². The number of rotatable bonds is 2. The number of nitrogens with zero attached hydrogens (tertiary/aromatic N) is 2. The lowest BCUT2D eigenvalue weighted by atomic mass is 9.76. The molecule has 0 saturated carbocycles. The largest absolute Gasteiger partial charge is 0.356 e. The highest BCUT2D eigenvalue weighted by atomic mass is 32.2. The molecule has 0 bridgehead atoms. The van der Waals surface area contributed by atoms with Gasteiger partial charge in [0.1, 0.15) is 0 Å². The molecule has 0 aliphatic carbocycles. The number of aryl methyl sites for hydroxylation is 1. The van der Waals surface area contributed by atoms with Gasteiger partial charge < -0.3 is 4.57 Å². The fourth-order valence-electron chi connectivity index (χ4n) is 2.74. The van der Waals surface area contributed by atoms with Gasteiger partial charge in [-0.05, 0) is 30.2 Å². The van der Waals surface area contributed by atoms with Crippen molar-refractivity contribution in [1.82, 2.24) is 8.87 Å². The van der Waals surface area contributed by atoms with Crippen molar-refractivity contribution in [3.63, 3.8) is 0 Å².